The average Bonchev–Trinajstić information content (AvgIpc) is 3.35. The number of para-hydroxylation sites is 1. The van der Waals surface area contributed by atoms with Crippen LogP contribution in [0.2, 0.25) is 0 Å². The number of aryl methyl sites for hydroxylation is 1. The fraction of sp³-hybridized carbons (Fsp3) is 0.405. The SMILES string of the molecule is Cc1[nH]c2ccccc2c1[C@@H]1[C@H](CC(=O)N(Cc2ccccc2)C2(C(=O)Nc3ccc(N(C)C)cc3)CCCC2)C1(C)C. The third-order valence-corrected chi connectivity index (χ3v) is 10.2. The summed E-state index contributed by atoms with van der Waals surface area (Å²) in [5.41, 5.74) is 5.65. The van der Waals surface area contributed by atoms with Gasteiger partial charge in [0.15, 0.2) is 0 Å². The molecule has 0 spiro atoms. The smallest absolute Gasteiger partial charge is 0.250 e. The highest BCUT2D eigenvalue weighted by Gasteiger charge is 2.60. The Bertz CT molecular complexity index is 1610. The van der Waals surface area contributed by atoms with E-state index in [4.69, 9.17) is 0 Å². The molecule has 0 unspecified atom stereocenters. The van der Waals surface area contributed by atoms with E-state index in [2.05, 4.69) is 67.5 Å². The Balaban J connectivity index is 1.30. The first-order chi connectivity index (χ1) is 20.6. The molecule has 2 amide bonds. The van der Waals surface area contributed by atoms with E-state index >= 15 is 0 Å². The van der Waals surface area contributed by atoms with Crippen LogP contribution in [-0.2, 0) is 16.1 Å². The van der Waals surface area contributed by atoms with Gasteiger partial charge in [-0.15, -0.1) is 0 Å². The molecule has 6 nitrogen and oxygen atoms in total. The molecule has 2 fully saturated rings. The van der Waals surface area contributed by atoms with Crippen molar-refractivity contribution in [1.82, 2.24) is 9.88 Å². The van der Waals surface area contributed by atoms with Gasteiger partial charge in [-0.3, -0.25) is 9.59 Å². The van der Waals surface area contributed by atoms with Gasteiger partial charge in [0, 0.05) is 55.0 Å². The molecular formula is C37H44N4O2. The first-order valence-corrected chi connectivity index (χ1v) is 15.6. The van der Waals surface area contributed by atoms with Crippen LogP contribution in [0.5, 0.6) is 0 Å². The van der Waals surface area contributed by atoms with Crippen LogP contribution >= 0.6 is 0 Å². The van der Waals surface area contributed by atoms with Gasteiger partial charge in [-0.25, -0.2) is 0 Å². The lowest BCUT2D eigenvalue weighted by atomic mass is 9.91. The summed E-state index contributed by atoms with van der Waals surface area (Å²) in [4.78, 5) is 36.3. The molecule has 3 aromatic carbocycles. The topological polar surface area (TPSA) is 68.4 Å². The van der Waals surface area contributed by atoms with Gasteiger partial charge in [0.05, 0.1) is 0 Å². The van der Waals surface area contributed by atoms with E-state index < -0.39 is 5.54 Å². The van der Waals surface area contributed by atoms with Gasteiger partial charge in [-0.1, -0.05) is 75.2 Å². The third-order valence-electron chi connectivity index (χ3n) is 10.2. The standard InChI is InChI=1S/C37H44N4O2/c1-25-33(29-15-9-10-16-31(29)38-25)34-30(36(34,2)3)23-32(42)41(24-26-13-7-6-8-14-26)37(21-11-12-22-37)35(43)39-27-17-19-28(20-18-27)40(4)5/h6-10,13-20,30,34,38H,11-12,21-24H2,1-5H3,(H,39,43)/t30-,34-/m0/s1. The molecule has 2 aliphatic carbocycles. The highest BCUT2D eigenvalue weighted by molar-refractivity contribution is 6.01. The van der Waals surface area contributed by atoms with Crippen molar-refractivity contribution in [3.63, 3.8) is 0 Å². The van der Waals surface area contributed by atoms with Crippen molar-refractivity contribution in [3.8, 4) is 0 Å². The lowest BCUT2D eigenvalue weighted by Gasteiger charge is -2.40. The van der Waals surface area contributed by atoms with Crippen molar-refractivity contribution in [2.45, 2.75) is 70.9 Å². The maximum atomic E-state index is 14.6. The number of nitrogens with zero attached hydrogens (tertiary/aromatic N) is 2. The fourth-order valence-corrected chi connectivity index (χ4v) is 7.61. The number of carbonyl (C=O) groups excluding carboxylic acids is 2. The molecule has 2 aliphatic rings. The van der Waals surface area contributed by atoms with Gasteiger partial charge in [-0.2, -0.15) is 0 Å². The number of aromatic nitrogens is 1. The van der Waals surface area contributed by atoms with E-state index in [9.17, 15) is 9.59 Å². The Kier molecular flexibility index (Phi) is 7.57. The minimum Gasteiger partial charge on any atom is -0.378 e. The second-order valence-electron chi connectivity index (χ2n) is 13.4. The quantitative estimate of drug-likeness (QED) is 0.215. The highest BCUT2D eigenvalue weighted by Crippen LogP contribution is 2.67. The van der Waals surface area contributed by atoms with Crippen LogP contribution in [0.4, 0.5) is 11.4 Å². The molecule has 2 atom stereocenters. The van der Waals surface area contributed by atoms with E-state index in [1.807, 2.05) is 66.4 Å². The van der Waals surface area contributed by atoms with Crippen molar-refractivity contribution in [2.24, 2.45) is 11.3 Å². The summed E-state index contributed by atoms with van der Waals surface area (Å²) >= 11 is 0. The first kappa shape index (κ1) is 29.0. The van der Waals surface area contributed by atoms with Crippen LogP contribution in [0.15, 0.2) is 78.9 Å². The molecular weight excluding hydrogens is 532 g/mol. The summed E-state index contributed by atoms with van der Waals surface area (Å²) in [6.45, 7) is 7.14. The number of amides is 2. The number of H-pyrrole nitrogens is 1. The van der Waals surface area contributed by atoms with Crippen molar-refractivity contribution in [3.05, 3.63) is 95.7 Å². The van der Waals surface area contributed by atoms with Gasteiger partial charge >= 0.3 is 0 Å². The number of aromatic amines is 1. The minimum absolute atomic E-state index is 0.0108. The Labute approximate surface area is 255 Å². The zero-order chi connectivity index (χ0) is 30.4. The predicted molar refractivity (Wildman–Crippen MR) is 175 cm³/mol. The molecule has 0 radical (unpaired) electrons. The number of hydrogen-bond acceptors (Lipinski definition) is 3. The van der Waals surface area contributed by atoms with Crippen LogP contribution < -0.4 is 10.2 Å². The summed E-state index contributed by atoms with van der Waals surface area (Å²) in [6.07, 6.45) is 3.63. The number of anilines is 2. The van der Waals surface area contributed by atoms with Crippen LogP contribution in [0.3, 0.4) is 0 Å². The molecule has 1 heterocycles. The number of nitrogens with one attached hydrogen (secondary N) is 2. The molecule has 4 aromatic rings. The molecule has 1 aromatic heterocycles. The summed E-state index contributed by atoms with van der Waals surface area (Å²) in [6, 6.07) is 26.5. The largest absolute Gasteiger partial charge is 0.378 e. The Hall–Kier alpha value is -4.06. The molecule has 43 heavy (non-hydrogen) atoms. The van der Waals surface area contributed by atoms with Gasteiger partial charge < -0.3 is 20.1 Å². The second-order valence-corrected chi connectivity index (χ2v) is 13.4. The molecule has 6 heteroatoms. The maximum absolute atomic E-state index is 14.6. The fourth-order valence-electron chi connectivity index (χ4n) is 7.61. The summed E-state index contributed by atoms with van der Waals surface area (Å²) in [7, 11) is 4.00. The monoisotopic (exact) mass is 576 g/mol. The highest BCUT2D eigenvalue weighted by atomic mass is 16.2. The molecule has 224 valence electrons. The molecule has 0 bridgehead atoms. The minimum atomic E-state index is -0.877. The van der Waals surface area contributed by atoms with Crippen molar-refractivity contribution < 1.29 is 9.59 Å². The number of fused-ring (bicyclic) bond motifs is 1. The maximum Gasteiger partial charge on any atom is 0.250 e. The van der Waals surface area contributed by atoms with E-state index in [1.54, 1.807) is 0 Å². The van der Waals surface area contributed by atoms with Crippen molar-refractivity contribution in [2.75, 3.05) is 24.3 Å². The van der Waals surface area contributed by atoms with E-state index in [-0.39, 0.29) is 29.1 Å². The zero-order valence-electron chi connectivity index (χ0n) is 26.1. The van der Waals surface area contributed by atoms with Gasteiger partial charge in [0.1, 0.15) is 5.54 Å². The van der Waals surface area contributed by atoms with Crippen LogP contribution in [0.1, 0.15) is 68.7 Å². The normalized spacial score (nSPS) is 20.1. The number of rotatable bonds is 9. The Morgan fingerprint density at radius 1 is 0.907 bits per heavy atom. The number of benzene rings is 3. The van der Waals surface area contributed by atoms with Crippen LogP contribution in [0, 0.1) is 18.3 Å². The van der Waals surface area contributed by atoms with Gasteiger partial charge in [0.25, 0.3) is 0 Å². The first-order valence-electron chi connectivity index (χ1n) is 15.6. The molecule has 0 saturated heterocycles. The van der Waals surface area contributed by atoms with Gasteiger partial charge in [-0.05, 0) is 78.5 Å². The predicted octanol–water partition coefficient (Wildman–Crippen LogP) is 7.65. The lowest BCUT2D eigenvalue weighted by molar-refractivity contribution is -0.146. The van der Waals surface area contributed by atoms with E-state index in [1.165, 1.54) is 16.6 Å². The molecule has 2 saturated carbocycles. The molecule has 2 N–H and O–H groups in total. The van der Waals surface area contributed by atoms with Crippen molar-refractivity contribution >= 4 is 34.1 Å². The summed E-state index contributed by atoms with van der Waals surface area (Å²) in [5.74, 6) is 0.485. The van der Waals surface area contributed by atoms with Crippen LogP contribution in [0.25, 0.3) is 10.9 Å². The van der Waals surface area contributed by atoms with Crippen LogP contribution in [-0.4, -0.2) is 41.3 Å². The Morgan fingerprint density at radius 2 is 1.56 bits per heavy atom. The zero-order valence-corrected chi connectivity index (χ0v) is 26.1. The van der Waals surface area contributed by atoms with Gasteiger partial charge in [0.2, 0.25) is 11.8 Å². The summed E-state index contributed by atoms with van der Waals surface area (Å²) in [5, 5.41) is 4.45. The van der Waals surface area contributed by atoms with E-state index in [0.29, 0.717) is 25.8 Å². The van der Waals surface area contributed by atoms with E-state index in [0.717, 1.165) is 35.3 Å². The number of hydrogen-bond donors (Lipinski definition) is 2. The second kappa shape index (κ2) is 11.2. The summed E-state index contributed by atoms with van der Waals surface area (Å²) < 4.78 is 0. The Morgan fingerprint density at radius 3 is 2.23 bits per heavy atom. The number of carbonyl (C=O) groups is 2. The molecule has 0 aliphatic heterocycles. The van der Waals surface area contributed by atoms with Crippen molar-refractivity contribution in [1.29, 1.82) is 0 Å². The molecule has 6 rings (SSSR count). The third kappa shape index (κ3) is 5.32. The lowest BCUT2D eigenvalue weighted by Crippen LogP contribution is -2.57. The average molecular weight is 577 g/mol.